The SMILES string of the molecule is CCNC(=O)NC(=O)[C@H](Nc1cccc(C(=O)NC)c1)c1ccccc1. The Hall–Kier alpha value is -3.35. The molecule has 0 aliphatic heterocycles. The fourth-order valence-electron chi connectivity index (χ4n) is 2.40. The maximum absolute atomic E-state index is 12.6. The van der Waals surface area contributed by atoms with E-state index in [4.69, 9.17) is 0 Å². The molecule has 2 aromatic carbocycles. The lowest BCUT2D eigenvalue weighted by Crippen LogP contribution is -2.43. The number of urea groups is 1. The third kappa shape index (κ3) is 5.07. The fraction of sp³-hybridized carbons (Fsp3) is 0.211. The second-order valence-electron chi connectivity index (χ2n) is 5.50. The zero-order valence-corrected chi connectivity index (χ0v) is 14.7. The largest absolute Gasteiger partial charge is 0.370 e. The summed E-state index contributed by atoms with van der Waals surface area (Å²) >= 11 is 0. The molecular weight excluding hydrogens is 332 g/mol. The minimum atomic E-state index is -0.793. The number of nitrogens with one attached hydrogen (secondary N) is 4. The lowest BCUT2D eigenvalue weighted by Gasteiger charge is -2.20. The highest BCUT2D eigenvalue weighted by Gasteiger charge is 2.22. The highest BCUT2D eigenvalue weighted by Crippen LogP contribution is 2.21. The predicted octanol–water partition coefficient (Wildman–Crippen LogP) is 2.05. The van der Waals surface area contributed by atoms with Crippen LogP contribution in [0.2, 0.25) is 0 Å². The first-order valence-corrected chi connectivity index (χ1v) is 8.27. The van der Waals surface area contributed by atoms with Gasteiger partial charge in [-0.3, -0.25) is 14.9 Å². The van der Waals surface area contributed by atoms with E-state index in [0.717, 1.165) is 0 Å². The Bertz CT molecular complexity index is 777. The molecule has 0 unspecified atom stereocenters. The van der Waals surface area contributed by atoms with E-state index in [1.165, 1.54) is 0 Å². The van der Waals surface area contributed by atoms with Gasteiger partial charge in [-0.05, 0) is 30.7 Å². The summed E-state index contributed by atoms with van der Waals surface area (Å²) in [6.07, 6.45) is 0. The molecule has 136 valence electrons. The van der Waals surface area contributed by atoms with Crippen LogP contribution in [-0.2, 0) is 4.79 Å². The van der Waals surface area contributed by atoms with Crippen LogP contribution < -0.4 is 21.3 Å². The molecule has 4 amide bonds. The quantitative estimate of drug-likeness (QED) is 0.638. The molecule has 4 N–H and O–H groups in total. The summed E-state index contributed by atoms with van der Waals surface area (Å²) in [5, 5.41) is 10.5. The van der Waals surface area contributed by atoms with E-state index >= 15 is 0 Å². The zero-order valence-electron chi connectivity index (χ0n) is 14.7. The first kappa shape index (κ1) is 19.0. The van der Waals surface area contributed by atoms with Gasteiger partial charge in [-0.25, -0.2) is 4.79 Å². The zero-order chi connectivity index (χ0) is 18.9. The van der Waals surface area contributed by atoms with Gasteiger partial charge in [0.25, 0.3) is 11.8 Å². The molecule has 1 atom stereocenters. The lowest BCUT2D eigenvalue weighted by atomic mass is 10.1. The van der Waals surface area contributed by atoms with Crippen molar-refractivity contribution in [3.63, 3.8) is 0 Å². The highest BCUT2D eigenvalue weighted by atomic mass is 16.2. The van der Waals surface area contributed by atoms with Crippen LogP contribution in [0.4, 0.5) is 10.5 Å². The predicted molar refractivity (Wildman–Crippen MR) is 99.9 cm³/mol. The molecule has 0 aliphatic rings. The summed E-state index contributed by atoms with van der Waals surface area (Å²) < 4.78 is 0. The molecule has 0 saturated carbocycles. The minimum Gasteiger partial charge on any atom is -0.370 e. The van der Waals surface area contributed by atoms with Crippen LogP contribution >= 0.6 is 0 Å². The van der Waals surface area contributed by atoms with E-state index in [0.29, 0.717) is 23.4 Å². The van der Waals surface area contributed by atoms with Crippen molar-refractivity contribution in [3.05, 3.63) is 65.7 Å². The van der Waals surface area contributed by atoms with E-state index in [9.17, 15) is 14.4 Å². The fourth-order valence-corrected chi connectivity index (χ4v) is 2.40. The van der Waals surface area contributed by atoms with Crippen molar-refractivity contribution in [3.8, 4) is 0 Å². The summed E-state index contributed by atoms with van der Waals surface area (Å²) in [6, 6.07) is 14.5. The first-order valence-electron chi connectivity index (χ1n) is 8.27. The molecule has 0 saturated heterocycles. The Balaban J connectivity index is 2.26. The third-order valence-corrected chi connectivity index (χ3v) is 3.63. The molecule has 0 spiro atoms. The van der Waals surface area contributed by atoms with Crippen LogP contribution in [0.15, 0.2) is 54.6 Å². The molecule has 7 heteroatoms. The Morgan fingerprint density at radius 1 is 1.00 bits per heavy atom. The smallest absolute Gasteiger partial charge is 0.321 e. The number of carbonyl (C=O) groups excluding carboxylic acids is 3. The number of hydrogen-bond acceptors (Lipinski definition) is 4. The van der Waals surface area contributed by atoms with E-state index in [1.807, 2.05) is 18.2 Å². The summed E-state index contributed by atoms with van der Waals surface area (Å²) in [5.41, 5.74) is 1.75. The molecule has 2 aromatic rings. The van der Waals surface area contributed by atoms with Crippen molar-refractivity contribution in [1.82, 2.24) is 16.0 Å². The third-order valence-electron chi connectivity index (χ3n) is 3.63. The Morgan fingerprint density at radius 2 is 1.73 bits per heavy atom. The summed E-state index contributed by atoms with van der Waals surface area (Å²) in [6.45, 7) is 2.18. The maximum Gasteiger partial charge on any atom is 0.321 e. The summed E-state index contributed by atoms with van der Waals surface area (Å²) in [5.74, 6) is -0.718. The van der Waals surface area contributed by atoms with Gasteiger partial charge < -0.3 is 16.0 Å². The van der Waals surface area contributed by atoms with Crippen molar-refractivity contribution < 1.29 is 14.4 Å². The molecular formula is C19H22N4O3. The van der Waals surface area contributed by atoms with E-state index in [-0.39, 0.29) is 5.91 Å². The van der Waals surface area contributed by atoms with Crippen molar-refractivity contribution in [2.75, 3.05) is 18.9 Å². The Labute approximate surface area is 152 Å². The van der Waals surface area contributed by atoms with Gasteiger partial charge in [-0.15, -0.1) is 0 Å². The number of imide groups is 1. The minimum absolute atomic E-state index is 0.225. The van der Waals surface area contributed by atoms with Gasteiger partial charge >= 0.3 is 6.03 Å². The second-order valence-corrected chi connectivity index (χ2v) is 5.50. The van der Waals surface area contributed by atoms with Crippen LogP contribution in [0, 0.1) is 0 Å². The summed E-state index contributed by atoms with van der Waals surface area (Å²) in [7, 11) is 1.55. The molecule has 0 aromatic heterocycles. The van der Waals surface area contributed by atoms with Crippen molar-refractivity contribution in [2.24, 2.45) is 0 Å². The van der Waals surface area contributed by atoms with Gasteiger partial charge in [0, 0.05) is 24.8 Å². The molecule has 0 heterocycles. The monoisotopic (exact) mass is 354 g/mol. The number of amides is 4. The van der Waals surface area contributed by atoms with E-state index < -0.39 is 18.0 Å². The Kier molecular flexibility index (Phi) is 6.73. The number of benzene rings is 2. The molecule has 26 heavy (non-hydrogen) atoms. The standard InChI is InChI=1S/C19H22N4O3/c1-3-21-19(26)23-18(25)16(13-8-5-4-6-9-13)22-15-11-7-10-14(12-15)17(24)20-2/h4-12,16,22H,3H2,1-2H3,(H,20,24)(H2,21,23,25,26)/t16-/m1/s1. The van der Waals surface area contributed by atoms with Crippen LogP contribution in [0.1, 0.15) is 28.9 Å². The van der Waals surface area contributed by atoms with Crippen LogP contribution in [0.5, 0.6) is 0 Å². The molecule has 0 fully saturated rings. The molecule has 0 aliphatic carbocycles. The second kappa shape index (κ2) is 9.22. The number of rotatable bonds is 6. The molecule has 7 nitrogen and oxygen atoms in total. The van der Waals surface area contributed by atoms with Crippen molar-refractivity contribution in [1.29, 1.82) is 0 Å². The highest BCUT2D eigenvalue weighted by molar-refractivity contribution is 5.99. The molecule has 2 rings (SSSR count). The van der Waals surface area contributed by atoms with Gasteiger partial charge in [0.2, 0.25) is 0 Å². The van der Waals surface area contributed by atoms with E-state index in [2.05, 4.69) is 21.3 Å². The van der Waals surface area contributed by atoms with Crippen molar-refractivity contribution >= 4 is 23.5 Å². The van der Waals surface area contributed by atoms with Crippen LogP contribution in [0.25, 0.3) is 0 Å². The number of hydrogen-bond donors (Lipinski definition) is 4. The Morgan fingerprint density at radius 3 is 2.38 bits per heavy atom. The molecule has 0 radical (unpaired) electrons. The average Bonchev–Trinajstić information content (AvgIpc) is 2.66. The van der Waals surface area contributed by atoms with Crippen LogP contribution in [0.3, 0.4) is 0 Å². The van der Waals surface area contributed by atoms with Gasteiger partial charge in [-0.2, -0.15) is 0 Å². The topological polar surface area (TPSA) is 99.3 Å². The number of carbonyl (C=O) groups is 3. The lowest BCUT2D eigenvalue weighted by molar-refractivity contribution is -0.120. The summed E-state index contributed by atoms with van der Waals surface area (Å²) in [4.78, 5) is 36.1. The van der Waals surface area contributed by atoms with E-state index in [1.54, 1.807) is 50.4 Å². The molecule has 0 bridgehead atoms. The first-order chi connectivity index (χ1) is 12.5. The van der Waals surface area contributed by atoms with Gasteiger partial charge in [0.15, 0.2) is 0 Å². The normalized spacial score (nSPS) is 11.2. The van der Waals surface area contributed by atoms with Gasteiger partial charge in [0.05, 0.1) is 0 Å². The van der Waals surface area contributed by atoms with Gasteiger partial charge in [0.1, 0.15) is 6.04 Å². The van der Waals surface area contributed by atoms with Gasteiger partial charge in [-0.1, -0.05) is 36.4 Å². The average molecular weight is 354 g/mol. The number of anilines is 1. The van der Waals surface area contributed by atoms with Crippen LogP contribution in [-0.4, -0.2) is 31.4 Å². The maximum atomic E-state index is 12.6. The van der Waals surface area contributed by atoms with Crippen molar-refractivity contribution in [2.45, 2.75) is 13.0 Å².